The molecule has 0 unspecified atom stereocenters. The monoisotopic (exact) mass is 249 g/mol. The number of hydrogen-bond donors (Lipinski definition) is 1. The van der Waals surface area contributed by atoms with Crippen LogP contribution in [-0.2, 0) is 6.54 Å². The summed E-state index contributed by atoms with van der Waals surface area (Å²) in [5, 5.41) is 3.87. The molecule has 96 valence electrons. The highest BCUT2D eigenvalue weighted by molar-refractivity contribution is 5.63. The van der Waals surface area contributed by atoms with E-state index >= 15 is 0 Å². The maximum Gasteiger partial charge on any atom is 0.240 e. The number of benzene rings is 1. The van der Waals surface area contributed by atoms with Crippen molar-refractivity contribution in [3.8, 4) is 22.9 Å². The molecule has 6 heteroatoms. The van der Waals surface area contributed by atoms with Crippen molar-refractivity contribution >= 4 is 0 Å². The number of aryl methyl sites for hydroxylation is 1. The van der Waals surface area contributed by atoms with E-state index in [9.17, 15) is 0 Å². The Kier molecular flexibility index (Phi) is 3.47. The molecule has 1 aromatic heterocycles. The van der Waals surface area contributed by atoms with Gasteiger partial charge in [0.05, 0.1) is 20.8 Å². The highest BCUT2D eigenvalue weighted by atomic mass is 16.5. The zero-order valence-electron chi connectivity index (χ0n) is 10.6. The van der Waals surface area contributed by atoms with Crippen LogP contribution in [0, 0.1) is 6.92 Å². The fraction of sp³-hybridized carbons (Fsp3) is 0.333. The van der Waals surface area contributed by atoms with Crippen LogP contribution in [0.3, 0.4) is 0 Å². The van der Waals surface area contributed by atoms with Crippen molar-refractivity contribution in [2.24, 2.45) is 5.73 Å². The quantitative estimate of drug-likeness (QED) is 0.884. The number of nitrogens with two attached hydrogens (primary N) is 1. The Morgan fingerprint density at radius 3 is 2.61 bits per heavy atom. The second kappa shape index (κ2) is 5.05. The van der Waals surface area contributed by atoms with E-state index in [1.807, 2.05) is 13.0 Å². The summed E-state index contributed by atoms with van der Waals surface area (Å²) < 4.78 is 15.5. The summed E-state index contributed by atoms with van der Waals surface area (Å²) >= 11 is 0. The van der Waals surface area contributed by atoms with E-state index in [2.05, 4.69) is 10.1 Å². The molecular formula is C12H15N3O3. The van der Waals surface area contributed by atoms with Crippen molar-refractivity contribution < 1.29 is 14.0 Å². The number of ether oxygens (including phenoxy) is 2. The maximum atomic E-state index is 5.43. The van der Waals surface area contributed by atoms with Gasteiger partial charge in [0, 0.05) is 5.56 Å². The van der Waals surface area contributed by atoms with E-state index < -0.39 is 0 Å². The summed E-state index contributed by atoms with van der Waals surface area (Å²) in [4.78, 5) is 4.17. The summed E-state index contributed by atoms with van der Waals surface area (Å²) in [6.07, 6.45) is 0. The van der Waals surface area contributed by atoms with Crippen LogP contribution in [-0.4, -0.2) is 24.4 Å². The lowest BCUT2D eigenvalue weighted by Gasteiger charge is -2.11. The van der Waals surface area contributed by atoms with Gasteiger partial charge in [-0.3, -0.25) is 0 Å². The Hall–Kier alpha value is -2.08. The molecule has 0 saturated carbocycles. The van der Waals surface area contributed by atoms with Gasteiger partial charge in [-0.2, -0.15) is 4.98 Å². The average Bonchev–Trinajstić information content (AvgIpc) is 2.86. The molecule has 0 aliphatic heterocycles. The first-order valence-corrected chi connectivity index (χ1v) is 5.45. The SMILES string of the molecule is COc1cc(-c2noc(CN)n2)cc(C)c1OC. The van der Waals surface area contributed by atoms with Gasteiger partial charge >= 0.3 is 0 Å². The summed E-state index contributed by atoms with van der Waals surface area (Å²) in [5.74, 6) is 2.22. The zero-order valence-corrected chi connectivity index (χ0v) is 10.6. The van der Waals surface area contributed by atoms with E-state index in [4.69, 9.17) is 19.7 Å². The van der Waals surface area contributed by atoms with Crippen molar-refractivity contribution in [2.45, 2.75) is 13.5 Å². The Labute approximate surface area is 105 Å². The minimum Gasteiger partial charge on any atom is -0.493 e. The normalized spacial score (nSPS) is 10.4. The standard InChI is InChI=1S/C12H15N3O3/c1-7-4-8(5-9(16-2)11(7)17-3)12-14-10(6-13)18-15-12/h4-5H,6,13H2,1-3H3. The van der Waals surface area contributed by atoms with Crippen LogP contribution >= 0.6 is 0 Å². The van der Waals surface area contributed by atoms with Gasteiger partial charge < -0.3 is 19.7 Å². The molecule has 2 N–H and O–H groups in total. The molecule has 0 radical (unpaired) electrons. The molecule has 0 bridgehead atoms. The number of hydrogen-bond acceptors (Lipinski definition) is 6. The van der Waals surface area contributed by atoms with E-state index in [0.29, 0.717) is 23.2 Å². The minimum atomic E-state index is 0.221. The Balaban J connectivity index is 2.48. The van der Waals surface area contributed by atoms with Gasteiger partial charge in [-0.15, -0.1) is 0 Å². The summed E-state index contributed by atoms with van der Waals surface area (Å²) in [6.45, 7) is 2.15. The second-order valence-electron chi connectivity index (χ2n) is 3.74. The lowest BCUT2D eigenvalue weighted by Crippen LogP contribution is -1.96. The molecule has 0 spiro atoms. The van der Waals surface area contributed by atoms with Gasteiger partial charge in [0.2, 0.25) is 11.7 Å². The lowest BCUT2D eigenvalue weighted by atomic mass is 10.1. The van der Waals surface area contributed by atoms with E-state index in [1.54, 1.807) is 20.3 Å². The molecule has 0 amide bonds. The first-order valence-electron chi connectivity index (χ1n) is 5.45. The summed E-state index contributed by atoms with van der Waals surface area (Å²) in [6, 6.07) is 3.71. The van der Waals surface area contributed by atoms with Gasteiger partial charge in [-0.25, -0.2) is 0 Å². The molecule has 2 aromatic rings. The van der Waals surface area contributed by atoms with Crippen LogP contribution in [0.2, 0.25) is 0 Å². The van der Waals surface area contributed by atoms with Crippen LogP contribution in [0.5, 0.6) is 11.5 Å². The van der Waals surface area contributed by atoms with Crippen LogP contribution < -0.4 is 15.2 Å². The van der Waals surface area contributed by atoms with Crippen LogP contribution in [0.4, 0.5) is 0 Å². The summed E-state index contributed by atoms with van der Waals surface area (Å²) in [7, 11) is 3.19. The number of nitrogens with zero attached hydrogens (tertiary/aromatic N) is 2. The molecule has 0 aliphatic carbocycles. The highest BCUT2D eigenvalue weighted by Crippen LogP contribution is 2.34. The third kappa shape index (κ3) is 2.14. The minimum absolute atomic E-state index is 0.221. The fourth-order valence-electron chi connectivity index (χ4n) is 1.74. The highest BCUT2D eigenvalue weighted by Gasteiger charge is 2.14. The second-order valence-corrected chi connectivity index (χ2v) is 3.74. The van der Waals surface area contributed by atoms with Crippen molar-refractivity contribution in [3.05, 3.63) is 23.6 Å². The van der Waals surface area contributed by atoms with Crippen molar-refractivity contribution in [2.75, 3.05) is 14.2 Å². The zero-order chi connectivity index (χ0) is 13.1. The van der Waals surface area contributed by atoms with Crippen molar-refractivity contribution in [3.63, 3.8) is 0 Å². The van der Waals surface area contributed by atoms with Gasteiger partial charge in [0.25, 0.3) is 0 Å². The topological polar surface area (TPSA) is 83.4 Å². The van der Waals surface area contributed by atoms with Gasteiger partial charge in [-0.1, -0.05) is 5.16 Å². The molecule has 1 heterocycles. The lowest BCUT2D eigenvalue weighted by molar-refractivity contribution is 0.353. The number of methoxy groups -OCH3 is 2. The van der Waals surface area contributed by atoms with Gasteiger partial charge in [0.1, 0.15) is 0 Å². The first-order chi connectivity index (χ1) is 8.69. The molecule has 0 fully saturated rings. The Bertz CT molecular complexity index is 551. The van der Waals surface area contributed by atoms with Crippen molar-refractivity contribution in [1.82, 2.24) is 10.1 Å². The molecule has 0 aliphatic rings. The largest absolute Gasteiger partial charge is 0.493 e. The Morgan fingerprint density at radius 2 is 2.06 bits per heavy atom. The molecule has 0 saturated heterocycles. The third-order valence-corrected chi connectivity index (χ3v) is 2.57. The molecule has 0 atom stereocenters. The predicted octanol–water partition coefficient (Wildman–Crippen LogP) is 1.52. The van der Waals surface area contributed by atoms with Crippen LogP contribution in [0.1, 0.15) is 11.5 Å². The number of rotatable bonds is 4. The van der Waals surface area contributed by atoms with Crippen LogP contribution in [0.15, 0.2) is 16.7 Å². The van der Waals surface area contributed by atoms with Crippen molar-refractivity contribution in [1.29, 1.82) is 0 Å². The predicted molar refractivity (Wildman–Crippen MR) is 65.5 cm³/mol. The van der Waals surface area contributed by atoms with Crippen LogP contribution in [0.25, 0.3) is 11.4 Å². The Morgan fingerprint density at radius 1 is 1.28 bits per heavy atom. The first kappa shape index (κ1) is 12.4. The molecule has 2 rings (SSSR count). The van der Waals surface area contributed by atoms with Gasteiger partial charge in [0.15, 0.2) is 11.5 Å². The van der Waals surface area contributed by atoms with Gasteiger partial charge in [-0.05, 0) is 24.6 Å². The van der Waals surface area contributed by atoms with E-state index in [-0.39, 0.29) is 6.54 Å². The fourth-order valence-corrected chi connectivity index (χ4v) is 1.74. The average molecular weight is 249 g/mol. The number of aromatic nitrogens is 2. The van der Waals surface area contributed by atoms with E-state index in [0.717, 1.165) is 11.1 Å². The molecule has 18 heavy (non-hydrogen) atoms. The maximum absolute atomic E-state index is 5.43. The third-order valence-electron chi connectivity index (χ3n) is 2.57. The summed E-state index contributed by atoms with van der Waals surface area (Å²) in [5.41, 5.74) is 7.17. The molecular weight excluding hydrogens is 234 g/mol. The van der Waals surface area contributed by atoms with E-state index in [1.165, 1.54) is 0 Å². The molecule has 1 aromatic carbocycles. The smallest absolute Gasteiger partial charge is 0.240 e. The molecule has 6 nitrogen and oxygen atoms in total.